The van der Waals surface area contributed by atoms with Gasteiger partial charge in [-0.15, -0.1) is 0 Å². The molecule has 2 N–H and O–H groups in total. The lowest BCUT2D eigenvalue weighted by molar-refractivity contribution is 0.0915. The molecule has 4 heteroatoms. The van der Waals surface area contributed by atoms with Crippen LogP contribution in [0.2, 0.25) is 0 Å². The Bertz CT molecular complexity index is 459. The summed E-state index contributed by atoms with van der Waals surface area (Å²) in [5.41, 5.74) is 2.66. The van der Waals surface area contributed by atoms with Crippen molar-refractivity contribution < 1.29 is 9.53 Å². The molecule has 19 heavy (non-hydrogen) atoms. The van der Waals surface area contributed by atoms with E-state index in [9.17, 15) is 4.79 Å². The van der Waals surface area contributed by atoms with E-state index in [0.29, 0.717) is 5.56 Å². The van der Waals surface area contributed by atoms with Crippen LogP contribution in [0.1, 0.15) is 35.2 Å². The van der Waals surface area contributed by atoms with E-state index >= 15 is 0 Å². The van der Waals surface area contributed by atoms with Gasteiger partial charge in [-0.25, -0.2) is 0 Å². The van der Waals surface area contributed by atoms with Gasteiger partial charge in [-0.05, 0) is 38.3 Å². The predicted octanol–water partition coefficient (Wildman–Crippen LogP) is 2.33. The Morgan fingerprint density at radius 2 is 2.16 bits per heavy atom. The molecule has 1 amide bonds. The van der Waals surface area contributed by atoms with Crippen LogP contribution in [-0.4, -0.2) is 32.2 Å². The molecule has 4 nitrogen and oxygen atoms in total. The van der Waals surface area contributed by atoms with Gasteiger partial charge in [0.2, 0.25) is 0 Å². The van der Waals surface area contributed by atoms with Crippen molar-refractivity contribution in [2.75, 3.05) is 19.5 Å². The maximum absolute atomic E-state index is 12.3. The van der Waals surface area contributed by atoms with Crippen molar-refractivity contribution in [1.82, 2.24) is 5.32 Å². The molecule has 2 atom stereocenters. The Hall–Kier alpha value is -1.55. The number of methoxy groups -OCH3 is 1. The zero-order chi connectivity index (χ0) is 13.8. The highest BCUT2D eigenvalue weighted by molar-refractivity contribution is 6.00. The summed E-state index contributed by atoms with van der Waals surface area (Å²) >= 11 is 0. The molecule has 1 aliphatic rings. The minimum atomic E-state index is -0.00481. The van der Waals surface area contributed by atoms with Crippen molar-refractivity contribution in [1.29, 1.82) is 0 Å². The number of amides is 1. The molecule has 0 aliphatic heterocycles. The first-order valence-electron chi connectivity index (χ1n) is 6.76. The van der Waals surface area contributed by atoms with Crippen LogP contribution in [0, 0.1) is 6.92 Å². The molecule has 2 rings (SSSR count). The number of benzene rings is 1. The summed E-state index contributed by atoms with van der Waals surface area (Å²) in [7, 11) is 3.56. The smallest absolute Gasteiger partial charge is 0.253 e. The van der Waals surface area contributed by atoms with E-state index in [4.69, 9.17) is 4.74 Å². The van der Waals surface area contributed by atoms with E-state index in [-0.39, 0.29) is 18.1 Å². The van der Waals surface area contributed by atoms with Crippen molar-refractivity contribution in [2.45, 2.75) is 38.3 Å². The average Bonchev–Trinajstić information content (AvgIpc) is 2.86. The second kappa shape index (κ2) is 6.06. The molecule has 1 fully saturated rings. The molecule has 0 heterocycles. The maximum atomic E-state index is 12.3. The zero-order valence-electron chi connectivity index (χ0n) is 11.8. The fraction of sp³-hybridized carbons (Fsp3) is 0.533. The first kappa shape index (κ1) is 13.9. The normalized spacial score (nSPS) is 22.3. The quantitative estimate of drug-likeness (QED) is 0.875. The van der Waals surface area contributed by atoms with Gasteiger partial charge in [0.05, 0.1) is 11.7 Å². The van der Waals surface area contributed by atoms with Gasteiger partial charge in [-0.2, -0.15) is 0 Å². The van der Waals surface area contributed by atoms with Gasteiger partial charge in [0.1, 0.15) is 0 Å². The molecule has 0 spiro atoms. The highest BCUT2D eigenvalue weighted by atomic mass is 16.5. The molecule has 0 aromatic heterocycles. The number of anilines is 1. The molecule has 1 aromatic carbocycles. The standard InChI is InChI=1S/C15H22N2O2/c1-10-4-7-14(16-2)13(8-10)15(18)17-11-5-6-12(9-11)19-3/h4,7-8,11-12,16H,5-6,9H2,1-3H3,(H,17,18). The van der Waals surface area contributed by atoms with Gasteiger partial charge in [0, 0.05) is 25.9 Å². The van der Waals surface area contributed by atoms with Crippen LogP contribution >= 0.6 is 0 Å². The second-order valence-electron chi connectivity index (χ2n) is 5.14. The Balaban J connectivity index is 2.06. The number of carbonyl (C=O) groups excluding carboxylic acids is 1. The number of hydrogen-bond donors (Lipinski definition) is 2. The third-order valence-corrected chi connectivity index (χ3v) is 3.74. The van der Waals surface area contributed by atoms with Crippen molar-refractivity contribution in [2.24, 2.45) is 0 Å². The summed E-state index contributed by atoms with van der Waals surface area (Å²) in [6, 6.07) is 6.09. The van der Waals surface area contributed by atoms with Crippen LogP contribution in [0.5, 0.6) is 0 Å². The van der Waals surface area contributed by atoms with Crippen molar-refractivity contribution in [3.8, 4) is 0 Å². The first-order chi connectivity index (χ1) is 9.13. The molecule has 0 saturated heterocycles. The molecule has 104 valence electrons. The summed E-state index contributed by atoms with van der Waals surface area (Å²) in [5, 5.41) is 6.17. The number of carbonyl (C=O) groups is 1. The monoisotopic (exact) mass is 262 g/mol. The van der Waals surface area contributed by atoms with Gasteiger partial charge in [0.25, 0.3) is 5.91 Å². The minimum Gasteiger partial charge on any atom is -0.387 e. The fourth-order valence-corrected chi connectivity index (χ4v) is 2.61. The summed E-state index contributed by atoms with van der Waals surface area (Å²) in [6.45, 7) is 1.99. The number of rotatable bonds is 4. The lowest BCUT2D eigenvalue weighted by Gasteiger charge is -2.15. The lowest BCUT2D eigenvalue weighted by Crippen LogP contribution is -2.33. The highest BCUT2D eigenvalue weighted by Gasteiger charge is 2.26. The summed E-state index contributed by atoms with van der Waals surface area (Å²) in [5.74, 6) is -0.00481. The van der Waals surface area contributed by atoms with Crippen LogP contribution in [-0.2, 0) is 4.74 Å². The van der Waals surface area contributed by atoms with Crippen molar-refractivity contribution in [3.05, 3.63) is 29.3 Å². The second-order valence-corrected chi connectivity index (χ2v) is 5.14. The largest absolute Gasteiger partial charge is 0.387 e. The molecule has 0 radical (unpaired) electrons. The zero-order valence-corrected chi connectivity index (χ0v) is 11.8. The number of nitrogens with one attached hydrogen (secondary N) is 2. The summed E-state index contributed by atoms with van der Waals surface area (Å²) in [6.07, 6.45) is 3.20. The van der Waals surface area contributed by atoms with Crippen molar-refractivity contribution >= 4 is 11.6 Å². The third-order valence-electron chi connectivity index (χ3n) is 3.74. The van der Waals surface area contributed by atoms with E-state index in [1.165, 1.54) is 0 Å². The molecular weight excluding hydrogens is 240 g/mol. The maximum Gasteiger partial charge on any atom is 0.253 e. The van der Waals surface area contributed by atoms with Gasteiger partial charge < -0.3 is 15.4 Å². The van der Waals surface area contributed by atoms with Crippen molar-refractivity contribution in [3.63, 3.8) is 0 Å². The Morgan fingerprint density at radius 3 is 2.79 bits per heavy atom. The lowest BCUT2D eigenvalue weighted by atomic mass is 10.1. The Labute approximate surface area is 114 Å². The van der Waals surface area contributed by atoms with E-state index in [2.05, 4.69) is 10.6 Å². The molecular formula is C15H22N2O2. The minimum absolute atomic E-state index is 0.00481. The van der Waals surface area contributed by atoms with E-state index in [1.54, 1.807) is 7.11 Å². The van der Waals surface area contributed by atoms with Crippen LogP contribution < -0.4 is 10.6 Å². The van der Waals surface area contributed by atoms with Crippen LogP contribution in [0.15, 0.2) is 18.2 Å². The van der Waals surface area contributed by atoms with Gasteiger partial charge >= 0.3 is 0 Å². The Morgan fingerprint density at radius 1 is 1.37 bits per heavy atom. The molecule has 0 bridgehead atoms. The SMILES string of the molecule is CNc1ccc(C)cc1C(=O)NC1CCC(OC)C1. The molecule has 1 aromatic rings. The van der Waals surface area contributed by atoms with Crippen LogP contribution in [0.25, 0.3) is 0 Å². The number of hydrogen-bond acceptors (Lipinski definition) is 3. The summed E-state index contributed by atoms with van der Waals surface area (Å²) in [4.78, 5) is 12.3. The molecule has 1 aliphatic carbocycles. The van der Waals surface area contributed by atoms with Crippen LogP contribution in [0.3, 0.4) is 0 Å². The van der Waals surface area contributed by atoms with Crippen LogP contribution in [0.4, 0.5) is 5.69 Å². The Kier molecular flexibility index (Phi) is 4.43. The average molecular weight is 262 g/mol. The number of aryl methyl sites for hydroxylation is 1. The molecule has 2 unspecified atom stereocenters. The topological polar surface area (TPSA) is 50.4 Å². The predicted molar refractivity (Wildman–Crippen MR) is 76.6 cm³/mol. The van der Waals surface area contributed by atoms with Gasteiger partial charge in [-0.1, -0.05) is 11.6 Å². The fourth-order valence-electron chi connectivity index (χ4n) is 2.61. The van der Waals surface area contributed by atoms with E-state index in [0.717, 1.165) is 30.5 Å². The summed E-state index contributed by atoms with van der Waals surface area (Å²) < 4.78 is 5.33. The third kappa shape index (κ3) is 3.26. The van der Waals surface area contributed by atoms with Gasteiger partial charge in [0.15, 0.2) is 0 Å². The highest BCUT2D eigenvalue weighted by Crippen LogP contribution is 2.23. The molecule has 1 saturated carbocycles. The van der Waals surface area contributed by atoms with E-state index in [1.807, 2.05) is 32.2 Å². The van der Waals surface area contributed by atoms with E-state index < -0.39 is 0 Å². The number of ether oxygens (including phenoxy) is 1. The first-order valence-corrected chi connectivity index (χ1v) is 6.76. The van der Waals surface area contributed by atoms with Gasteiger partial charge in [-0.3, -0.25) is 4.79 Å².